The third kappa shape index (κ3) is 4.32. The molecule has 8 nitrogen and oxygen atoms in total. The predicted molar refractivity (Wildman–Crippen MR) is 123 cm³/mol. The Bertz CT molecular complexity index is 1050. The van der Waals surface area contributed by atoms with E-state index in [2.05, 4.69) is 39.5 Å². The molecular weight excluding hydrogens is 414 g/mol. The van der Waals surface area contributed by atoms with Gasteiger partial charge in [0.05, 0.1) is 21.7 Å². The Kier molecular flexibility index (Phi) is 5.77. The highest BCUT2D eigenvalue weighted by atomic mass is 32.2. The Morgan fingerprint density at radius 3 is 2.68 bits per heavy atom. The van der Waals surface area contributed by atoms with Crippen molar-refractivity contribution in [2.45, 2.75) is 30.8 Å². The van der Waals surface area contributed by atoms with Crippen molar-refractivity contribution in [1.82, 2.24) is 10.3 Å². The first-order chi connectivity index (χ1) is 14.8. The van der Waals surface area contributed by atoms with Gasteiger partial charge in [-0.15, -0.1) is 0 Å². The van der Waals surface area contributed by atoms with Crippen molar-refractivity contribution in [2.24, 2.45) is 11.5 Å². The number of aryl methyl sites for hydroxylation is 2. The Balaban J connectivity index is 1.44. The molecule has 0 bridgehead atoms. The molecule has 2 atom stereocenters. The van der Waals surface area contributed by atoms with Gasteiger partial charge in [-0.25, -0.2) is 9.78 Å². The maximum absolute atomic E-state index is 12.1. The van der Waals surface area contributed by atoms with E-state index in [4.69, 9.17) is 16.6 Å². The number of anilines is 1. The van der Waals surface area contributed by atoms with E-state index in [1.54, 1.807) is 0 Å². The molecule has 0 aliphatic carbocycles. The minimum atomic E-state index is -0.979. The molecular formula is C22H27N5O3S. The van der Waals surface area contributed by atoms with Crippen LogP contribution in [0.3, 0.4) is 0 Å². The van der Waals surface area contributed by atoms with Gasteiger partial charge in [-0.2, -0.15) is 10.9 Å². The van der Waals surface area contributed by atoms with Crippen LogP contribution in [0.15, 0.2) is 46.3 Å². The van der Waals surface area contributed by atoms with E-state index < -0.39 is 22.9 Å². The Morgan fingerprint density at radius 2 is 2.00 bits per heavy atom. The first-order valence-electron chi connectivity index (χ1n) is 10.2. The lowest BCUT2D eigenvalue weighted by atomic mass is 10.1. The molecule has 3 heterocycles. The number of primary amides is 1. The molecule has 2 amide bonds. The summed E-state index contributed by atoms with van der Waals surface area (Å²) in [5.74, 6) is 0.291. The number of carboxylic acid groups (broad SMARTS) is 1. The van der Waals surface area contributed by atoms with Crippen molar-refractivity contribution in [3.05, 3.63) is 58.1 Å². The van der Waals surface area contributed by atoms with Gasteiger partial charge in [-0.05, 0) is 55.3 Å². The minimum absolute atomic E-state index is 0.0390. The van der Waals surface area contributed by atoms with Gasteiger partial charge in [0, 0.05) is 30.0 Å². The molecule has 1 unspecified atom stereocenters. The molecule has 0 spiro atoms. The van der Waals surface area contributed by atoms with E-state index in [-0.39, 0.29) is 6.04 Å². The molecule has 0 saturated carbocycles. The number of nitrogens with zero attached hydrogens (tertiary/aromatic N) is 2. The van der Waals surface area contributed by atoms with E-state index >= 15 is 0 Å². The summed E-state index contributed by atoms with van der Waals surface area (Å²) in [5, 5.41) is 12.3. The predicted octanol–water partition coefficient (Wildman–Crippen LogP) is 1.97. The SMILES string of the molecule is Cc1ccc2c(n1)[SH](CCc1ccc(N3CC[C@@H](NC(=O)O)C3)cc1)C(C(N)=O)=C2N. The number of hydrogen-bond donors (Lipinski definition) is 5. The minimum Gasteiger partial charge on any atom is -0.465 e. The number of nitrogens with one attached hydrogen (secondary N) is 1. The zero-order valence-corrected chi connectivity index (χ0v) is 18.2. The van der Waals surface area contributed by atoms with Gasteiger partial charge < -0.3 is 26.8 Å². The van der Waals surface area contributed by atoms with Gasteiger partial charge in [0.25, 0.3) is 5.91 Å². The third-order valence-electron chi connectivity index (χ3n) is 5.76. The summed E-state index contributed by atoms with van der Waals surface area (Å²) in [6.45, 7) is 3.42. The van der Waals surface area contributed by atoms with Crippen LogP contribution in [0, 0.1) is 6.92 Å². The normalized spacial score (nSPS) is 21.3. The topological polar surface area (TPSA) is 135 Å². The van der Waals surface area contributed by atoms with Crippen LogP contribution in [-0.2, 0) is 11.2 Å². The molecule has 1 aromatic carbocycles. The second-order valence-electron chi connectivity index (χ2n) is 7.90. The van der Waals surface area contributed by atoms with Crippen LogP contribution in [0.25, 0.3) is 5.70 Å². The molecule has 2 aliphatic heterocycles. The van der Waals surface area contributed by atoms with Crippen LogP contribution in [0.2, 0.25) is 0 Å². The number of thiol groups is 1. The number of fused-ring (bicyclic) bond motifs is 1. The lowest BCUT2D eigenvalue weighted by Crippen LogP contribution is -2.36. The van der Waals surface area contributed by atoms with Crippen molar-refractivity contribution < 1.29 is 14.7 Å². The van der Waals surface area contributed by atoms with Crippen LogP contribution in [-0.4, -0.2) is 47.0 Å². The van der Waals surface area contributed by atoms with Crippen LogP contribution >= 0.6 is 10.9 Å². The van der Waals surface area contributed by atoms with Crippen molar-refractivity contribution in [3.8, 4) is 0 Å². The van der Waals surface area contributed by atoms with E-state index in [9.17, 15) is 9.59 Å². The van der Waals surface area contributed by atoms with Gasteiger partial charge in [0.15, 0.2) is 0 Å². The van der Waals surface area contributed by atoms with Gasteiger partial charge >= 0.3 is 6.09 Å². The number of benzene rings is 1. The second kappa shape index (κ2) is 8.50. The van der Waals surface area contributed by atoms with Crippen molar-refractivity contribution in [2.75, 3.05) is 23.7 Å². The summed E-state index contributed by atoms with van der Waals surface area (Å²) in [4.78, 5) is 30.3. The van der Waals surface area contributed by atoms with Crippen molar-refractivity contribution in [3.63, 3.8) is 0 Å². The molecule has 6 N–H and O–H groups in total. The highest BCUT2D eigenvalue weighted by Gasteiger charge is 2.32. The first kappa shape index (κ1) is 21.0. The Morgan fingerprint density at radius 1 is 1.26 bits per heavy atom. The fourth-order valence-electron chi connectivity index (χ4n) is 4.22. The number of pyridine rings is 1. The molecule has 1 fully saturated rings. The molecule has 1 saturated heterocycles. The summed E-state index contributed by atoms with van der Waals surface area (Å²) in [6.07, 6.45) is 0.606. The maximum Gasteiger partial charge on any atom is 0.404 e. The van der Waals surface area contributed by atoms with E-state index in [0.717, 1.165) is 52.7 Å². The first-order valence-corrected chi connectivity index (χ1v) is 11.7. The van der Waals surface area contributed by atoms with Gasteiger partial charge in [0.2, 0.25) is 0 Å². The molecule has 164 valence electrons. The standard InChI is InChI=1S/C22H27N5O3S/c1-13-2-7-17-18(23)19(20(24)28)31(21(17)25-13)11-9-14-3-5-16(6-4-14)27-10-8-15(12-27)26-22(29)30/h2-7,15,26,31H,8-12,23H2,1H3,(H2,24,28)(H,29,30)/t15-/m1/s1. The average molecular weight is 442 g/mol. The monoisotopic (exact) mass is 441 g/mol. The molecule has 4 rings (SSSR count). The summed E-state index contributed by atoms with van der Waals surface area (Å²) < 4.78 is 0. The summed E-state index contributed by atoms with van der Waals surface area (Å²) >= 11 is 0. The van der Waals surface area contributed by atoms with E-state index in [0.29, 0.717) is 17.1 Å². The van der Waals surface area contributed by atoms with E-state index in [1.165, 1.54) is 0 Å². The average Bonchev–Trinajstić information content (AvgIpc) is 3.28. The van der Waals surface area contributed by atoms with Crippen molar-refractivity contribution >= 4 is 34.3 Å². The number of hydrogen-bond acceptors (Lipinski definition) is 5. The van der Waals surface area contributed by atoms with Gasteiger partial charge in [0.1, 0.15) is 0 Å². The number of rotatable bonds is 6. The highest BCUT2D eigenvalue weighted by Crippen LogP contribution is 2.53. The number of carbonyl (C=O) groups is 2. The van der Waals surface area contributed by atoms with Crippen LogP contribution < -0.4 is 21.7 Å². The van der Waals surface area contributed by atoms with Crippen LogP contribution in [0.5, 0.6) is 0 Å². The van der Waals surface area contributed by atoms with Crippen molar-refractivity contribution in [1.29, 1.82) is 0 Å². The molecule has 9 heteroatoms. The van der Waals surface area contributed by atoms with Gasteiger partial charge in [-0.3, -0.25) is 4.79 Å². The maximum atomic E-state index is 12.1. The second-order valence-corrected chi connectivity index (χ2v) is 10.1. The fraction of sp³-hybridized carbons (Fsp3) is 0.318. The smallest absolute Gasteiger partial charge is 0.404 e. The fourth-order valence-corrected chi connectivity index (χ4v) is 6.79. The number of carbonyl (C=O) groups excluding carboxylic acids is 1. The molecule has 2 aromatic rings. The quantitative estimate of drug-likeness (QED) is 0.435. The highest BCUT2D eigenvalue weighted by molar-refractivity contribution is 8.21. The molecule has 2 aliphatic rings. The Labute approximate surface area is 183 Å². The number of aromatic nitrogens is 1. The zero-order chi connectivity index (χ0) is 22.1. The molecule has 0 radical (unpaired) electrons. The van der Waals surface area contributed by atoms with Crippen LogP contribution in [0.1, 0.15) is 23.2 Å². The largest absolute Gasteiger partial charge is 0.465 e. The van der Waals surface area contributed by atoms with E-state index in [1.807, 2.05) is 19.1 Å². The molecule has 31 heavy (non-hydrogen) atoms. The summed E-state index contributed by atoms with van der Waals surface area (Å²) in [5.41, 5.74) is 16.3. The third-order valence-corrected chi connectivity index (χ3v) is 8.28. The Hall–Kier alpha value is -3.20. The number of amides is 2. The number of nitrogens with two attached hydrogens (primary N) is 2. The molecule has 1 aromatic heterocycles. The van der Waals surface area contributed by atoms with Crippen LogP contribution in [0.4, 0.5) is 10.5 Å². The summed E-state index contributed by atoms with van der Waals surface area (Å²) in [6, 6.07) is 12.1. The lowest BCUT2D eigenvalue weighted by molar-refractivity contribution is -0.113. The summed E-state index contributed by atoms with van der Waals surface area (Å²) in [7, 11) is -0.979. The lowest BCUT2D eigenvalue weighted by Gasteiger charge is -2.20. The zero-order valence-electron chi connectivity index (χ0n) is 17.3. The van der Waals surface area contributed by atoms with Gasteiger partial charge in [-0.1, -0.05) is 12.1 Å².